The Hall–Kier alpha value is -2.06. The van der Waals surface area contributed by atoms with Crippen LogP contribution in [-0.4, -0.2) is 4.98 Å². The van der Waals surface area contributed by atoms with Gasteiger partial charge in [0.2, 0.25) is 0 Å². The highest BCUT2D eigenvalue weighted by molar-refractivity contribution is 5.79. The maximum Gasteiger partial charge on any atom is 0.0457 e. The molecule has 2 N–H and O–H groups in total. The van der Waals surface area contributed by atoms with Crippen molar-refractivity contribution in [1.29, 1.82) is 0 Å². The van der Waals surface area contributed by atoms with Crippen LogP contribution in [0.5, 0.6) is 0 Å². The Balaban J connectivity index is 1.74. The molecule has 1 heterocycles. The number of hydrogen-bond acceptors (Lipinski definition) is 1. The minimum atomic E-state index is 0.380. The number of fused-ring (bicyclic) bond motifs is 1. The molecule has 108 valence electrons. The largest absolute Gasteiger partial charge is 0.361 e. The number of rotatable bonds is 5. The molecule has 0 radical (unpaired) electrons. The Labute approximate surface area is 126 Å². The third kappa shape index (κ3) is 3.17. The summed E-state index contributed by atoms with van der Waals surface area (Å²) < 4.78 is 0. The van der Waals surface area contributed by atoms with Gasteiger partial charge >= 0.3 is 0 Å². The topological polar surface area (TPSA) is 27.8 Å². The fourth-order valence-electron chi connectivity index (χ4n) is 2.83. The second-order valence-electron chi connectivity index (χ2n) is 5.91. The van der Waals surface area contributed by atoms with E-state index in [1.807, 2.05) is 6.20 Å². The third-order valence-corrected chi connectivity index (χ3v) is 3.97. The van der Waals surface area contributed by atoms with Crippen LogP contribution in [0.3, 0.4) is 0 Å². The summed E-state index contributed by atoms with van der Waals surface area (Å²) in [6, 6.07) is 19.8. The predicted molar refractivity (Wildman–Crippen MR) is 89.2 cm³/mol. The molecular formula is C19H22N2. The number of aromatic nitrogens is 1. The van der Waals surface area contributed by atoms with E-state index in [0.717, 1.165) is 6.54 Å². The highest BCUT2D eigenvalue weighted by Crippen LogP contribution is 2.22. The van der Waals surface area contributed by atoms with Gasteiger partial charge in [0.1, 0.15) is 0 Å². The average molecular weight is 278 g/mol. The fourth-order valence-corrected chi connectivity index (χ4v) is 2.83. The summed E-state index contributed by atoms with van der Waals surface area (Å²) in [6.07, 6.45) is 1.99. The van der Waals surface area contributed by atoms with E-state index in [4.69, 9.17) is 0 Å². The summed E-state index contributed by atoms with van der Waals surface area (Å²) in [5.74, 6) is 0.557. The van der Waals surface area contributed by atoms with Crippen molar-refractivity contribution in [3.8, 4) is 0 Å². The van der Waals surface area contributed by atoms with Gasteiger partial charge in [0, 0.05) is 24.3 Å². The van der Waals surface area contributed by atoms with Crippen molar-refractivity contribution in [2.75, 3.05) is 0 Å². The van der Waals surface area contributed by atoms with Crippen molar-refractivity contribution >= 4 is 10.9 Å². The minimum absolute atomic E-state index is 0.380. The summed E-state index contributed by atoms with van der Waals surface area (Å²) in [4.78, 5) is 3.27. The lowest BCUT2D eigenvalue weighted by molar-refractivity contribution is 0.411. The van der Waals surface area contributed by atoms with Crippen molar-refractivity contribution < 1.29 is 0 Å². The zero-order valence-corrected chi connectivity index (χ0v) is 12.6. The Morgan fingerprint density at radius 2 is 1.81 bits per heavy atom. The average Bonchev–Trinajstić information content (AvgIpc) is 2.96. The van der Waals surface area contributed by atoms with E-state index in [9.17, 15) is 0 Å². The molecule has 0 aliphatic carbocycles. The smallest absolute Gasteiger partial charge is 0.0457 e. The second kappa shape index (κ2) is 6.15. The van der Waals surface area contributed by atoms with Crippen LogP contribution < -0.4 is 5.32 Å². The van der Waals surface area contributed by atoms with Crippen LogP contribution in [0, 0.1) is 5.92 Å². The van der Waals surface area contributed by atoms with E-state index in [-0.39, 0.29) is 0 Å². The zero-order chi connectivity index (χ0) is 14.7. The Kier molecular flexibility index (Phi) is 4.07. The van der Waals surface area contributed by atoms with Gasteiger partial charge in [-0.3, -0.25) is 0 Å². The Bertz CT molecular complexity index is 698. The standard InChI is InChI=1S/C19H22N2/c1-14(2)19(17-6-4-3-5-7-17)21-13-15-8-9-16-10-11-20-18(16)12-15/h3-12,14,19-21H,13H2,1-2H3. The molecule has 0 bridgehead atoms. The first-order chi connectivity index (χ1) is 10.2. The third-order valence-electron chi connectivity index (χ3n) is 3.97. The summed E-state index contributed by atoms with van der Waals surface area (Å²) in [5.41, 5.74) is 3.87. The molecule has 1 atom stereocenters. The first kappa shape index (κ1) is 13.9. The molecule has 0 saturated heterocycles. The summed E-state index contributed by atoms with van der Waals surface area (Å²) in [5, 5.41) is 4.96. The molecule has 2 aromatic carbocycles. The minimum Gasteiger partial charge on any atom is -0.361 e. The maximum atomic E-state index is 3.69. The van der Waals surface area contributed by atoms with Crippen molar-refractivity contribution in [3.05, 3.63) is 71.9 Å². The number of H-pyrrole nitrogens is 1. The maximum absolute atomic E-state index is 3.69. The van der Waals surface area contributed by atoms with Gasteiger partial charge < -0.3 is 10.3 Å². The molecule has 0 aliphatic rings. The Morgan fingerprint density at radius 3 is 2.57 bits per heavy atom. The fraction of sp³-hybridized carbons (Fsp3) is 0.263. The number of hydrogen-bond donors (Lipinski definition) is 2. The molecule has 2 nitrogen and oxygen atoms in total. The van der Waals surface area contributed by atoms with Gasteiger partial charge in [-0.15, -0.1) is 0 Å². The quantitative estimate of drug-likeness (QED) is 0.698. The van der Waals surface area contributed by atoms with E-state index in [2.05, 4.69) is 78.7 Å². The molecular weight excluding hydrogens is 256 g/mol. The number of benzene rings is 2. The normalized spacial score (nSPS) is 12.9. The van der Waals surface area contributed by atoms with Crippen molar-refractivity contribution in [2.45, 2.75) is 26.4 Å². The van der Waals surface area contributed by atoms with Gasteiger partial charge in [0.15, 0.2) is 0 Å². The van der Waals surface area contributed by atoms with Gasteiger partial charge in [0.25, 0.3) is 0 Å². The van der Waals surface area contributed by atoms with Crippen LogP contribution in [0.1, 0.15) is 31.0 Å². The second-order valence-corrected chi connectivity index (χ2v) is 5.91. The van der Waals surface area contributed by atoms with E-state index in [1.54, 1.807) is 0 Å². The van der Waals surface area contributed by atoms with Gasteiger partial charge in [-0.05, 0) is 34.6 Å². The zero-order valence-electron chi connectivity index (χ0n) is 12.6. The lowest BCUT2D eigenvalue weighted by Crippen LogP contribution is -2.25. The predicted octanol–water partition coefficient (Wildman–Crippen LogP) is 4.65. The van der Waals surface area contributed by atoms with Crippen LogP contribution >= 0.6 is 0 Å². The molecule has 0 amide bonds. The van der Waals surface area contributed by atoms with Gasteiger partial charge in [-0.2, -0.15) is 0 Å². The lowest BCUT2D eigenvalue weighted by Gasteiger charge is -2.23. The molecule has 1 unspecified atom stereocenters. The SMILES string of the molecule is CC(C)C(NCc1ccc2cc[nH]c2c1)c1ccccc1. The summed E-state index contributed by atoms with van der Waals surface area (Å²) in [6.45, 7) is 5.41. The molecule has 0 spiro atoms. The van der Waals surface area contributed by atoms with Crippen LogP contribution in [0.2, 0.25) is 0 Å². The van der Waals surface area contributed by atoms with Gasteiger partial charge in [-0.1, -0.05) is 56.3 Å². The molecule has 0 fully saturated rings. The number of aromatic amines is 1. The molecule has 0 aliphatic heterocycles. The van der Waals surface area contributed by atoms with E-state index in [0.29, 0.717) is 12.0 Å². The molecule has 3 aromatic rings. The summed E-state index contributed by atoms with van der Waals surface area (Å²) >= 11 is 0. The Morgan fingerprint density at radius 1 is 1.00 bits per heavy atom. The van der Waals surface area contributed by atoms with E-state index < -0.39 is 0 Å². The lowest BCUT2D eigenvalue weighted by atomic mass is 9.96. The first-order valence-corrected chi connectivity index (χ1v) is 7.58. The highest BCUT2D eigenvalue weighted by Gasteiger charge is 2.14. The van der Waals surface area contributed by atoms with Gasteiger partial charge in [-0.25, -0.2) is 0 Å². The van der Waals surface area contributed by atoms with E-state index >= 15 is 0 Å². The van der Waals surface area contributed by atoms with Crippen molar-refractivity contribution in [3.63, 3.8) is 0 Å². The van der Waals surface area contributed by atoms with Crippen molar-refractivity contribution in [1.82, 2.24) is 10.3 Å². The highest BCUT2D eigenvalue weighted by atomic mass is 14.9. The molecule has 3 rings (SSSR count). The van der Waals surface area contributed by atoms with Crippen LogP contribution in [0.25, 0.3) is 10.9 Å². The molecule has 0 saturated carbocycles. The molecule has 2 heteroatoms. The van der Waals surface area contributed by atoms with Gasteiger partial charge in [0.05, 0.1) is 0 Å². The van der Waals surface area contributed by atoms with Crippen LogP contribution in [0.4, 0.5) is 0 Å². The first-order valence-electron chi connectivity index (χ1n) is 7.58. The molecule has 1 aromatic heterocycles. The molecule has 21 heavy (non-hydrogen) atoms. The monoisotopic (exact) mass is 278 g/mol. The summed E-state index contributed by atoms with van der Waals surface area (Å²) in [7, 11) is 0. The van der Waals surface area contributed by atoms with Crippen molar-refractivity contribution in [2.24, 2.45) is 5.92 Å². The number of nitrogens with one attached hydrogen (secondary N) is 2. The van der Waals surface area contributed by atoms with Crippen LogP contribution in [0.15, 0.2) is 60.8 Å². The van der Waals surface area contributed by atoms with Crippen LogP contribution in [-0.2, 0) is 6.54 Å². The van der Waals surface area contributed by atoms with E-state index in [1.165, 1.54) is 22.0 Å².